The Bertz CT molecular complexity index is 376. The molecule has 0 aliphatic carbocycles. The molecule has 0 fully saturated rings. The third-order valence-corrected chi connectivity index (χ3v) is 3.49. The van der Waals surface area contributed by atoms with Gasteiger partial charge in [-0.3, -0.25) is 4.79 Å². The number of benzene rings is 1. The predicted octanol–water partition coefficient (Wildman–Crippen LogP) is 2.98. The first-order chi connectivity index (χ1) is 8.58. The normalized spacial score (nSPS) is 12.5. The fourth-order valence-corrected chi connectivity index (χ4v) is 1.95. The van der Waals surface area contributed by atoms with E-state index in [1.165, 1.54) is 0 Å². The lowest BCUT2D eigenvalue weighted by Gasteiger charge is -2.21. The average molecular weight is 314 g/mol. The Kier molecular flexibility index (Phi) is 6.36. The van der Waals surface area contributed by atoms with Crippen molar-refractivity contribution in [3.63, 3.8) is 0 Å². The number of carbonyl (C=O) groups is 1. The minimum Gasteiger partial charge on any atom is -0.383 e. The topological polar surface area (TPSA) is 38.3 Å². The number of methoxy groups -OCH3 is 1. The molecule has 0 bridgehead atoms. The van der Waals surface area contributed by atoms with Crippen LogP contribution in [0.15, 0.2) is 24.3 Å². The molecule has 1 unspecified atom stereocenters. The summed E-state index contributed by atoms with van der Waals surface area (Å²) >= 11 is 3.38. The summed E-state index contributed by atoms with van der Waals surface area (Å²) in [4.78, 5) is 12.1. The van der Waals surface area contributed by atoms with Gasteiger partial charge in [-0.05, 0) is 23.6 Å². The molecular formula is C14H20BrNO2. The van der Waals surface area contributed by atoms with E-state index in [1.54, 1.807) is 7.11 Å². The van der Waals surface area contributed by atoms with Crippen LogP contribution < -0.4 is 5.32 Å². The molecule has 0 saturated carbocycles. The average Bonchev–Trinajstić information content (AvgIpc) is 2.38. The van der Waals surface area contributed by atoms with Crippen LogP contribution in [-0.2, 0) is 10.1 Å². The molecule has 100 valence electrons. The van der Waals surface area contributed by atoms with E-state index in [4.69, 9.17) is 4.74 Å². The third-order valence-electron chi connectivity index (χ3n) is 2.84. The van der Waals surface area contributed by atoms with Gasteiger partial charge in [0.25, 0.3) is 5.91 Å². The van der Waals surface area contributed by atoms with Crippen molar-refractivity contribution >= 4 is 21.8 Å². The summed E-state index contributed by atoms with van der Waals surface area (Å²) in [5.41, 5.74) is 1.84. The number of amides is 1. The predicted molar refractivity (Wildman–Crippen MR) is 77.0 cm³/mol. The van der Waals surface area contributed by atoms with Crippen LogP contribution >= 0.6 is 15.9 Å². The van der Waals surface area contributed by atoms with Gasteiger partial charge in [0.1, 0.15) is 0 Å². The van der Waals surface area contributed by atoms with Gasteiger partial charge in [-0.25, -0.2) is 0 Å². The van der Waals surface area contributed by atoms with Gasteiger partial charge in [0.05, 0.1) is 12.6 Å². The second-order valence-electron chi connectivity index (χ2n) is 4.61. The summed E-state index contributed by atoms with van der Waals surface area (Å²) < 4.78 is 5.12. The van der Waals surface area contributed by atoms with E-state index in [-0.39, 0.29) is 11.9 Å². The molecule has 0 aliphatic rings. The van der Waals surface area contributed by atoms with Crippen molar-refractivity contribution in [2.75, 3.05) is 13.7 Å². The van der Waals surface area contributed by atoms with E-state index in [2.05, 4.69) is 35.1 Å². The largest absolute Gasteiger partial charge is 0.383 e. The Labute approximate surface area is 117 Å². The molecule has 1 N–H and O–H groups in total. The Morgan fingerprint density at radius 2 is 1.94 bits per heavy atom. The maximum absolute atomic E-state index is 12.1. The van der Waals surface area contributed by atoms with Gasteiger partial charge in [-0.15, -0.1) is 0 Å². The molecular weight excluding hydrogens is 294 g/mol. The van der Waals surface area contributed by atoms with Crippen LogP contribution in [0, 0.1) is 5.92 Å². The fraction of sp³-hybridized carbons (Fsp3) is 0.500. The van der Waals surface area contributed by atoms with E-state index >= 15 is 0 Å². The van der Waals surface area contributed by atoms with Crippen molar-refractivity contribution in [2.24, 2.45) is 5.92 Å². The summed E-state index contributed by atoms with van der Waals surface area (Å²) in [6.07, 6.45) is 0. The lowest BCUT2D eigenvalue weighted by molar-refractivity contribution is 0.0866. The minimum atomic E-state index is -0.0492. The molecule has 0 heterocycles. The van der Waals surface area contributed by atoms with Crippen LogP contribution in [0.5, 0.6) is 0 Å². The van der Waals surface area contributed by atoms with E-state index < -0.39 is 0 Å². The van der Waals surface area contributed by atoms with E-state index in [1.807, 2.05) is 24.3 Å². The molecule has 1 aromatic carbocycles. The van der Waals surface area contributed by atoms with E-state index in [0.717, 1.165) is 10.9 Å². The molecule has 0 aliphatic heterocycles. The molecule has 0 spiro atoms. The van der Waals surface area contributed by atoms with Crippen LogP contribution in [-0.4, -0.2) is 25.7 Å². The van der Waals surface area contributed by atoms with E-state index in [0.29, 0.717) is 18.1 Å². The lowest BCUT2D eigenvalue weighted by Crippen LogP contribution is -2.41. The first-order valence-electron chi connectivity index (χ1n) is 6.03. The zero-order valence-corrected chi connectivity index (χ0v) is 12.7. The summed E-state index contributed by atoms with van der Waals surface area (Å²) in [7, 11) is 1.65. The maximum Gasteiger partial charge on any atom is 0.251 e. The molecule has 1 atom stereocenters. The maximum atomic E-state index is 12.1. The summed E-state index contributed by atoms with van der Waals surface area (Å²) in [6.45, 7) is 4.67. The third kappa shape index (κ3) is 4.42. The van der Waals surface area contributed by atoms with Crippen LogP contribution in [0.25, 0.3) is 0 Å². The summed E-state index contributed by atoms with van der Waals surface area (Å²) in [6, 6.07) is 7.62. The highest BCUT2D eigenvalue weighted by Crippen LogP contribution is 2.09. The highest BCUT2D eigenvalue weighted by atomic mass is 79.9. The molecule has 18 heavy (non-hydrogen) atoms. The zero-order chi connectivity index (χ0) is 13.5. The highest BCUT2D eigenvalue weighted by molar-refractivity contribution is 9.08. The molecule has 3 nitrogen and oxygen atoms in total. The molecule has 4 heteroatoms. The molecule has 1 rings (SSSR count). The van der Waals surface area contributed by atoms with Crippen molar-refractivity contribution in [3.8, 4) is 0 Å². The second kappa shape index (κ2) is 7.54. The van der Waals surface area contributed by atoms with Crippen molar-refractivity contribution in [3.05, 3.63) is 35.4 Å². The Morgan fingerprint density at radius 1 is 1.33 bits per heavy atom. The van der Waals surface area contributed by atoms with Crippen molar-refractivity contribution in [1.29, 1.82) is 0 Å². The number of rotatable bonds is 6. The van der Waals surface area contributed by atoms with E-state index in [9.17, 15) is 4.79 Å². The molecule has 0 radical (unpaired) electrons. The van der Waals surface area contributed by atoms with Gasteiger partial charge in [-0.2, -0.15) is 0 Å². The molecule has 1 aromatic rings. The van der Waals surface area contributed by atoms with Crippen LogP contribution in [0.3, 0.4) is 0 Å². The number of alkyl halides is 1. The number of ether oxygens (including phenoxy) is 1. The quantitative estimate of drug-likeness (QED) is 0.820. The van der Waals surface area contributed by atoms with Crippen LogP contribution in [0.2, 0.25) is 0 Å². The summed E-state index contributed by atoms with van der Waals surface area (Å²) in [5, 5.41) is 3.79. The number of hydrogen-bond acceptors (Lipinski definition) is 2. The number of hydrogen-bond donors (Lipinski definition) is 1. The first-order valence-corrected chi connectivity index (χ1v) is 7.15. The smallest absolute Gasteiger partial charge is 0.251 e. The number of halogens is 1. The van der Waals surface area contributed by atoms with Crippen molar-refractivity contribution in [2.45, 2.75) is 25.2 Å². The molecule has 1 amide bonds. The Hall–Kier alpha value is -0.870. The first kappa shape index (κ1) is 15.2. The lowest BCUT2D eigenvalue weighted by atomic mass is 10.0. The summed E-state index contributed by atoms with van der Waals surface area (Å²) in [5.74, 6) is 0.294. The monoisotopic (exact) mass is 313 g/mol. The van der Waals surface area contributed by atoms with Gasteiger partial charge >= 0.3 is 0 Å². The highest BCUT2D eigenvalue weighted by Gasteiger charge is 2.16. The van der Waals surface area contributed by atoms with Crippen molar-refractivity contribution in [1.82, 2.24) is 5.32 Å². The molecule has 0 saturated heterocycles. The number of nitrogens with one attached hydrogen (secondary N) is 1. The number of carbonyl (C=O) groups excluding carboxylic acids is 1. The van der Waals surface area contributed by atoms with Crippen LogP contribution in [0.4, 0.5) is 0 Å². The Balaban J connectivity index is 2.67. The van der Waals surface area contributed by atoms with Gasteiger partial charge < -0.3 is 10.1 Å². The molecule has 0 aromatic heterocycles. The van der Waals surface area contributed by atoms with Gasteiger partial charge in [0, 0.05) is 18.0 Å². The fourth-order valence-electron chi connectivity index (χ4n) is 1.58. The SMILES string of the molecule is COCC(NC(=O)c1ccc(CBr)cc1)C(C)C. The van der Waals surface area contributed by atoms with Gasteiger partial charge in [-0.1, -0.05) is 41.9 Å². The second-order valence-corrected chi connectivity index (χ2v) is 5.17. The van der Waals surface area contributed by atoms with Gasteiger partial charge in [0.2, 0.25) is 0 Å². The standard InChI is InChI=1S/C14H20BrNO2/c1-10(2)13(9-18-3)16-14(17)12-6-4-11(8-15)5-7-12/h4-7,10,13H,8-9H2,1-3H3,(H,16,17). The van der Waals surface area contributed by atoms with Crippen LogP contribution in [0.1, 0.15) is 29.8 Å². The minimum absolute atomic E-state index is 0.0401. The zero-order valence-electron chi connectivity index (χ0n) is 11.1. The Morgan fingerprint density at radius 3 is 2.39 bits per heavy atom. The van der Waals surface area contributed by atoms with Gasteiger partial charge in [0.15, 0.2) is 0 Å². The van der Waals surface area contributed by atoms with Crippen molar-refractivity contribution < 1.29 is 9.53 Å².